The number of hydrogen-bond acceptors (Lipinski definition) is 2. The number of nitrogens with zero attached hydrogens (tertiary/aromatic N) is 1. The highest BCUT2D eigenvalue weighted by molar-refractivity contribution is 5.98. The van der Waals surface area contributed by atoms with Crippen LogP contribution in [0.4, 0.5) is 0 Å². The summed E-state index contributed by atoms with van der Waals surface area (Å²) in [5, 5.41) is 2.98. The predicted octanol–water partition coefficient (Wildman–Crippen LogP) is 1.69. The van der Waals surface area contributed by atoms with Gasteiger partial charge in [0.05, 0.1) is 6.54 Å². The van der Waals surface area contributed by atoms with Crippen molar-refractivity contribution < 1.29 is 9.59 Å². The van der Waals surface area contributed by atoms with Crippen molar-refractivity contribution in [2.45, 2.75) is 57.9 Å². The lowest BCUT2D eigenvalue weighted by molar-refractivity contribution is -0.150. The first-order valence-electron chi connectivity index (χ1n) is 7.58. The minimum Gasteiger partial charge on any atom is -0.340 e. The summed E-state index contributed by atoms with van der Waals surface area (Å²) in [4.78, 5) is 26.5. The minimum absolute atomic E-state index is 0.0288. The van der Waals surface area contributed by atoms with Gasteiger partial charge < -0.3 is 10.2 Å². The average Bonchev–Trinajstić information content (AvgIpc) is 2.99. The van der Waals surface area contributed by atoms with E-state index in [4.69, 9.17) is 0 Å². The summed E-state index contributed by atoms with van der Waals surface area (Å²) < 4.78 is 0. The van der Waals surface area contributed by atoms with E-state index in [1.54, 1.807) is 0 Å². The van der Waals surface area contributed by atoms with Gasteiger partial charge in [0.15, 0.2) is 0 Å². The van der Waals surface area contributed by atoms with E-state index in [9.17, 15) is 9.59 Å². The van der Waals surface area contributed by atoms with Crippen molar-refractivity contribution in [3.8, 4) is 0 Å². The molecule has 19 heavy (non-hydrogen) atoms. The Kier molecular flexibility index (Phi) is 2.88. The van der Waals surface area contributed by atoms with Crippen molar-refractivity contribution in [2.75, 3.05) is 13.1 Å². The molecule has 2 saturated carbocycles. The van der Waals surface area contributed by atoms with Crippen molar-refractivity contribution in [1.29, 1.82) is 0 Å². The van der Waals surface area contributed by atoms with Crippen LogP contribution in [0.25, 0.3) is 0 Å². The lowest BCUT2D eigenvalue weighted by atomic mass is 9.88. The maximum Gasteiger partial charge on any atom is 0.248 e. The van der Waals surface area contributed by atoms with E-state index >= 15 is 0 Å². The van der Waals surface area contributed by atoms with Crippen molar-refractivity contribution >= 4 is 11.8 Å². The third-order valence-corrected chi connectivity index (χ3v) is 5.49. The molecule has 0 unspecified atom stereocenters. The lowest BCUT2D eigenvalue weighted by Gasteiger charge is -2.41. The molecule has 1 heterocycles. The van der Waals surface area contributed by atoms with Crippen LogP contribution < -0.4 is 5.32 Å². The fourth-order valence-corrected chi connectivity index (χ4v) is 3.81. The SMILES string of the molecule is CC(C)C1(CN2CC(=O)NC3(CCCC3)C2=O)CC1. The molecule has 1 spiro atoms. The molecule has 3 fully saturated rings. The van der Waals surface area contributed by atoms with Gasteiger partial charge in [-0.25, -0.2) is 0 Å². The molecule has 3 rings (SSSR count). The van der Waals surface area contributed by atoms with Crippen LogP contribution in [0.1, 0.15) is 52.4 Å². The van der Waals surface area contributed by atoms with E-state index in [0.29, 0.717) is 5.92 Å². The first-order chi connectivity index (χ1) is 8.97. The third kappa shape index (κ3) is 2.05. The Morgan fingerprint density at radius 1 is 1.16 bits per heavy atom. The highest BCUT2D eigenvalue weighted by Crippen LogP contribution is 2.52. The van der Waals surface area contributed by atoms with Gasteiger partial charge in [-0.2, -0.15) is 0 Å². The summed E-state index contributed by atoms with van der Waals surface area (Å²) in [6, 6.07) is 0. The van der Waals surface area contributed by atoms with Gasteiger partial charge in [-0.05, 0) is 37.0 Å². The van der Waals surface area contributed by atoms with Gasteiger partial charge in [-0.1, -0.05) is 26.7 Å². The number of carbonyl (C=O) groups excluding carboxylic acids is 2. The molecule has 106 valence electrons. The fraction of sp³-hybridized carbons (Fsp3) is 0.867. The second-order valence-electron chi connectivity index (χ2n) is 7.02. The zero-order chi connectivity index (χ0) is 13.7. The highest BCUT2D eigenvalue weighted by Gasteiger charge is 2.53. The number of hydrogen-bond donors (Lipinski definition) is 1. The smallest absolute Gasteiger partial charge is 0.248 e. The Morgan fingerprint density at radius 3 is 2.32 bits per heavy atom. The fourth-order valence-electron chi connectivity index (χ4n) is 3.81. The molecular weight excluding hydrogens is 240 g/mol. The molecule has 0 aromatic carbocycles. The third-order valence-electron chi connectivity index (χ3n) is 5.49. The van der Waals surface area contributed by atoms with Gasteiger partial charge in [0.1, 0.15) is 5.54 Å². The van der Waals surface area contributed by atoms with Gasteiger partial charge in [0.2, 0.25) is 11.8 Å². The van der Waals surface area contributed by atoms with Gasteiger partial charge in [-0.15, -0.1) is 0 Å². The normalized spacial score (nSPS) is 28.1. The average molecular weight is 264 g/mol. The number of amides is 2. The highest BCUT2D eigenvalue weighted by atomic mass is 16.2. The van der Waals surface area contributed by atoms with Crippen LogP contribution in [0, 0.1) is 11.3 Å². The summed E-state index contributed by atoms with van der Waals surface area (Å²) in [7, 11) is 0. The largest absolute Gasteiger partial charge is 0.340 e. The summed E-state index contributed by atoms with van der Waals surface area (Å²) in [6.07, 6.45) is 6.14. The standard InChI is InChI=1S/C15H24N2O2/c1-11(2)14(7-8-14)10-17-9-12(18)16-15(13(17)19)5-3-4-6-15/h11H,3-10H2,1-2H3,(H,16,18). The molecule has 0 aromatic rings. The van der Waals surface area contributed by atoms with Gasteiger partial charge in [0, 0.05) is 6.54 Å². The van der Waals surface area contributed by atoms with E-state index < -0.39 is 5.54 Å². The van der Waals surface area contributed by atoms with Gasteiger partial charge in [0.25, 0.3) is 0 Å². The maximum absolute atomic E-state index is 12.7. The van der Waals surface area contributed by atoms with Crippen molar-refractivity contribution in [2.24, 2.45) is 11.3 Å². The Balaban J connectivity index is 1.78. The predicted molar refractivity (Wildman–Crippen MR) is 72.4 cm³/mol. The van der Waals surface area contributed by atoms with Gasteiger partial charge in [-0.3, -0.25) is 9.59 Å². The molecule has 1 N–H and O–H groups in total. The molecule has 1 saturated heterocycles. The Morgan fingerprint density at radius 2 is 1.79 bits per heavy atom. The summed E-state index contributed by atoms with van der Waals surface area (Å²) in [5.41, 5.74) is -0.268. The van der Waals surface area contributed by atoms with E-state index in [1.165, 1.54) is 12.8 Å². The molecule has 0 bridgehead atoms. The molecule has 0 aromatic heterocycles. The quantitative estimate of drug-likeness (QED) is 0.843. The number of rotatable bonds is 3. The maximum atomic E-state index is 12.7. The zero-order valence-electron chi connectivity index (χ0n) is 12.0. The Bertz CT molecular complexity index is 406. The molecule has 3 aliphatic rings. The zero-order valence-corrected chi connectivity index (χ0v) is 12.0. The molecule has 2 amide bonds. The first-order valence-corrected chi connectivity index (χ1v) is 7.58. The van der Waals surface area contributed by atoms with Crippen LogP contribution in [-0.4, -0.2) is 35.3 Å². The van der Waals surface area contributed by atoms with Crippen molar-refractivity contribution in [3.05, 3.63) is 0 Å². The summed E-state index contributed by atoms with van der Waals surface area (Å²) >= 11 is 0. The minimum atomic E-state index is -0.553. The van der Waals surface area contributed by atoms with Crippen LogP contribution in [0.5, 0.6) is 0 Å². The molecule has 4 nitrogen and oxygen atoms in total. The number of piperazine rings is 1. The molecule has 0 radical (unpaired) electrons. The molecule has 4 heteroatoms. The van der Waals surface area contributed by atoms with E-state index in [2.05, 4.69) is 19.2 Å². The molecular formula is C15H24N2O2. The summed E-state index contributed by atoms with van der Waals surface area (Å²) in [5.74, 6) is 0.794. The second-order valence-corrected chi connectivity index (χ2v) is 7.02. The second kappa shape index (κ2) is 4.22. The van der Waals surface area contributed by atoms with Crippen LogP contribution in [0.3, 0.4) is 0 Å². The van der Waals surface area contributed by atoms with Crippen LogP contribution in [-0.2, 0) is 9.59 Å². The van der Waals surface area contributed by atoms with Crippen LogP contribution >= 0.6 is 0 Å². The molecule has 1 aliphatic heterocycles. The first kappa shape index (κ1) is 12.9. The Hall–Kier alpha value is -1.06. The Labute approximate surface area is 114 Å². The topological polar surface area (TPSA) is 49.4 Å². The molecule has 0 atom stereocenters. The van der Waals surface area contributed by atoms with Crippen molar-refractivity contribution in [3.63, 3.8) is 0 Å². The van der Waals surface area contributed by atoms with Gasteiger partial charge >= 0.3 is 0 Å². The number of nitrogens with one attached hydrogen (secondary N) is 1. The van der Waals surface area contributed by atoms with Crippen LogP contribution in [0.15, 0.2) is 0 Å². The monoisotopic (exact) mass is 264 g/mol. The number of carbonyl (C=O) groups is 2. The van der Waals surface area contributed by atoms with E-state index in [1.807, 2.05) is 4.90 Å². The van der Waals surface area contributed by atoms with Crippen molar-refractivity contribution in [1.82, 2.24) is 10.2 Å². The van der Waals surface area contributed by atoms with Crippen LogP contribution in [0.2, 0.25) is 0 Å². The van der Waals surface area contributed by atoms with E-state index in [0.717, 1.165) is 32.2 Å². The van der Waals surface area contributed by atoms with E-state index in [-0.39, 0.29) is 23.8 Å². The molecule has 2 aliphatic carbocycles. The summed E-state index contributed by atoms with van der Waals surface area (Å²) in [6.45, 7) is 5.49. The lowest BCUT2D eigenvalue weighted by Crippen LogP contribution is -2.66.